The van der Waals surface area contributed by atoms with Crippen molar-refractivity contribution in [3.63, 3.8) is 0 Å². The maximum atomic E-state index is 12.3. The van der Waals surface area contributed by atoms with E-state index in [1.165, 1.54) is 6.07 Å². The van der Waals surface area contributed by atoms with Crippen LogP contribution in [0.15, 0.2) is 23.1 Å². The van der Waals surface area contributed by atoms with Crippen LogP contribution < -0.4 is 0 Å². The molecular weight excluding hydrogens is 158 g/mol. The van der Waals surface area contributed by atoms with Crippen LogP contribution in [0.3, 0.4) is 0 Å². The summed E-state index contributed by atoms with van der Waals surface area (Å²) in [6.07, 6.45) is 0. The highest BCUT2D eigenvalue weighted by atomic mass is 32.1. The molecule has 0 fully saturated rings. The number of hydrogen-bond acceptors (Lipinski definition) is 1. The minimum atomic E-state index is -0.627. The van der Waals surface area contributed by atoms with E-state index in [4.69, 9.17) is 0 Å². The third kappa shape index (κ3) is 1.97. The van der Waals surface area contributed by atoms with Gasteiger partial charge in [-0.25, -0.2) is 8.78 Å². The van der Waals surface area contributed by atoms with E-state index in [9.17, 15) is 8.78 Å². The molecule has 10 heavy (non-hydrogen) atoms. The van der Waals surface area contributed by atoms with Gasteiger partial charge >= 0.3 is 0 Å². The van der Waals surface area contributed by atoms with Crippen LogP contribution in [0.25, 0.3) is 0 Å². The lowest BCUT2D eigenvalue weighted by atomic mass is 10.3. The molecule has 2 N–H and O–H groups in total. The SMILES string of the molecule is Fc1ccc(S)c(F)c1.O. The molecule has 0 aliphatic carbocycles. The van der Waals surface area contributed by atoms with Gasteiger partial charge in [0.2, 0.25) is 0 Å². The Balaban J connectivity index is 0.000000810. The standard InChI is InChI=1S/C6H4F2S.H2O/c7-4-1-2-6(9)5(8)3-4;/h1-3,9H;1H2. The van der Waals surface area contributed by atoms with Crippen molar-refractivity contribution in [3.8, 4) is 0 Å². The lowest BCUT2D eigenvalue weighted by Crippen LogP contribution is -1.78. The monoisotopic (exact) mass is 164 g/mol. The van der Waals surface area contributed by atoms with Gasteiger partial charge < -0.3 is 5.48 Å². The second-order valence-corrected chi connectivity index (χ2v) is 2.08. The molecule has 4 heteroatoms. The Labute approximate surface area is 62.4 Å². The van der Waals surface area contributed by atoms with E-state index in [0.717, 1.165) is 12.1 Å². The number of benzene rings is 1. The van der Waals surface area contributed by atoms with Gasteiger partial charge in [-0.1, -0.05) is 0 Å². The van der Waals surface area contributed by atoms with Crippen LogP contribution in [0.5, 0.6) is 0 Å². The van der Waals surface area contributed by atoms with Crippen LogP contribution in [0, 0.1) is 11.6 Å². The van der Waals surface area contributed by atoms with Crippen molar-refractivity contribution in [2.75, 3.05) is 0 Å². The van der Waals surface area contributed by atoms with Crippen molar-refractivity contribution in [3.05, 3.63) is 29.8 Å². The molecule has 0 unspecified atom stereocenters. The van der Waals surface area contributed by atoms with E-state index >= 15 is 0 Å². The van der Waals surface area contributed by atoms with Crippen molar-refractivity contribution in [1.29, 1.82) is 0 Å². The zero-order chi connectivity index (χ0) is 6.85. The second kappa shape index (κ2) is 3.53. The highest BCUT2D eigenvalue weighted by molar-refractivity contribution is 7.80. The summed E-state index contributed by atoms with van der Waals surface area (Å²) in [4.78, 5) is 0.163. The lowest BCUT2D eigenvalue weighted by Gasteiger charge is -1.91. The molecule has 0 heterocycles. The summed E-state index contributed by atoms with van der Waals surface area (Å²) in [7, 11) is 0. The molecule has 0 saturated heterocycles. The Morgan fingerprint density at radius 1 is 1.20 bits per heavy atom. The first kappa shape index (κ1) is 9.39. The lowest BCUT2D eigenvalue weighted by molar-refractivity contribution is 0.566. The maximum Gasteiger partial charge on any atom is 0.139 e. The zero-order valence-corrected chi connectivity index (χ0v) is 5.83. The van der Waals surface area contributed by atoms with Crippen molar-refractivity contribution < 1.29 is 14.3 Å². The molecule has 0 atom stereocenters. The summed E-state index contributed by atoms with van der Waals surface area (Å²) in [6, 6.07) is 3.22. The quantitative estimate of drug-likeness (QED) is 0.562. The minimum absolute atomic E-state index is 0. The van der Waals surface area contributed by atoms with Crippen LogP contribution in [-0.4, -0.2) is 5.48 Å². The molecule has 1 rings (SSSR count). The molecule has 0 amide bonds. The third-order valence-electron chi connectivity index (χ3n) is 0.910. The number of rotatable bonds is 0. The van der Waals surface area contributed by atoms with Gasteiger partial charge in [0.1, 0.15) is 11.6 Å². The van der Waals surface area contributed by atoms with E-state index in [2.05, 4.69) is 12.6 Å². The van der Waals surface area contributed by atoms with Gasteiger partial charge in [0.25, 0.3) is 0 Å². The average molecular weight is 164 g/mol. The average Bonchev–Trinajstić information content (AvgIpc) is 1.80. The van der Waals surface area contributed by atoms with Gasteiger partial charge in [0, 0.05) is 11.0 Å². The smallest absolute Gasteiger partial charge is 0.139 e. The molecule has 1 nitrogen and oxygen atoms in total. The zero-order valence-electron chi connectivity index (χ0n) is 4.94. The summed E-state index contributed by atoms with van der Waals surface area (Å²) in [5.41, 5.74) is 0. The molecule has 1 aromatic rings. The Kier molecular flexibility index (Phi) is 3.32. The molecule has 0 aliphatic rings. The normalized spacial score (nSPS) is 8.70. The van der Waals surface area contributed by atoms with E-state index in [1.54, 1.807) is 0 Å². The summed E-state index contributed by atoms with van der Waals surface area (Å²) in [6.45, 7) is 0. The van der Waals surface area contributed by atoms with Crippen LogP contribution >= 0.6 is 12.6 Å². The molecule has 0 aromatic heterocycles. The molecule has 0 radical (unpaired) electrons. The second-order valence-electron chi connectivity index (χ2n) is 1.60. The van der Waals surface area contributed by atoms with E-state index in [1.807, 2.05) is 0 Å². The highest BCUT2D eigenvalue weighted by Gasteiger charge is 1.96. The molecule has 0 bridgehead atoms. The molecule has 1 aromatic carbocycles. The van der Waals surface area contributed by atoms with Crippen molar-refractivity contribution in [2.45, 2.75) is 4.90 Å². The van der Waals surface area contributed by atoms with Gasteiger partial charge in [-0.2, -0.15) is 0 Å². The minimum Gasteiger partial charge on any atom is -0.412 e. The van der Waals surface area contributed by atoms with Crippen LogP contribution in [0.2, 0.25) is 0 Å². The Bertz CT molecular complexity index is 227. The van der Waals surface area contributed by atoms with Gasteiger partial charge in [0.15, 0.2) is 0 Å². The van der Waals surface area contributed by atoms with Crippen LogP contribution in [0.1, 0.15) is 0 Å². The topological polar surface area (TPSA) is 31.5 Å². The first-order chi connectivity index (χ1) is 4.20. The van der Waals surface area contributed by atoms with Gasteiger partial charge in [-0.15, -0.1) is 12.6 Å². The molecular formula is C6H6F2OS. The predicted octanol–water partition coefficient (Wildman–Crippen LogP) is 1.43. The summed E-state index contributed by atoms with van der Waals surface area (Å²) in [5.74, 6) is -1.20. The Morgan fingerprint density at radius 2 is 1.80 bits per heavy atom. The van der Waals surface area contributed by atoms with Crippen molar-refractivity contribution >= 4 is 12.6 Å². The predicted molar refractivity (Wildman–Crippen MR) is 37.2 cm³/mol. The first-order valence-corrected chi connectivity index (χ1v) is 2.79. The summed E-state index contributed by atoms with van der Waals surface area (Å²) < 4.78 is 24.3. The Morgan fingerprint density at radius 3 is 2.20 bits per heavy atom. The van der Waals surface area contributed by atoms with E-state index < -0.39 is 11.6 Å². The Hall–Kier alpha value is -0.610. The third-order valence-corrected chi connectivity index (χ3v) is 1.27. The molecule has 0 aliphatic heterocycles. The van der Waals surface area contributed by atoms with Gasteiger partial charge in [-0.3, -0.25) is 0 Å². The molecule has 56 valence electrons. The molecule has 0 saturated carbocycles. The fourth-order valence-electron chi connectivity index (χ4n) is 0.481. The van der Waals surface area contributed by atoms with Gasteiger partial charge in [0.05, 0.1) is 0 Å². The van der Waals surface area contributed by atoms with Crippen molar-refractivity contribution in [2.24, 2.45) is 0 Å². The fraction of sp³-hybridized carbons (Fsp3) is 0. The maximum absolute atomic E-state index is 12.3. The fourth-order valence-corrected chi connectivity index (χ4v) is 0.620. The van der Waals surface area contributed by atoms with Crippen molar-refractivity contribution in [1.82, 2.24) is 0 Å². The van der Waals surface area contributed by atoms with Gasteiger partial charge in [-0.05, 0) is 12.1 Å². The van der Waals surface area contributed by atoms with Crippen LogP contribution in [-0.2, 0) is 0 Å². The highest BCUT2D eigenvalue weighted by Crippen LogP contribution is 2.11. The summed E-state index contributed by atoms with van der Waals surface area (Å²) >= 11 is 3.70. The number of hydrogen-bond donors (Lipinski definition) is 1. The van der Waals surface area contributed by atoms with E-state index in [0.29, 0.717) is 0 Å². The molecule has 0 spiro atoms. The largest absolute Gasteiger partial charge is 0.412 e. The van der Waals surface area contributed by atoms with Crippen LogP contribution in [0.4, 0.5) is 8.78 Å². The van der Waals surface area contributed by atoms with E-state index in [-0.39, 0.29) is 10.4 Å². The number of halogens is 2. The number of thiol groups is 1. The first-order valence-electron chi connectivity index (χ1n) is 2.34. The summed E-state index contributed by atoms with van der Waals surface area (Å²) in [5, 5.41) is 0.